The molecule has 1 saturated carbocycles. The van der Waals surface area contributed by atoms with Crippen LogP contribution in [0.2, 0.25) is 0 Å². The topological polar surface area (TPSA) is 38.5 Å². The number of ether oxygens (including phenoxy) is 1. The summed E-state index contributed by atoms with van der Waals surface area (Å²) in [5.41, 5.74) is 6.23. The van der Waals surface area contributed by atoms with Crippen LogP contribution in [0, 0.1) is 5.92 Å². The molecule has 94 valence electrons. The van der Waals surface area contributed by atoms with Gasteiger partial charge in [0.15, 0.2) is 0 Å². The molecule has 0 amide bonds. The molecule has 0 aromatic carbocycles. The van der Waals surface area contributed by atoms with Crippen molar-refractivity contribution in [1.29, 1.82) is 0 Å². The van der Waals surface area contributed by atoms with Gasteiger partial charge < -0.3 is 10.5 Å². The third kappa shape index (κ3) is 2.55. The van der Waals surface area contributed by atoms with Gasteiger partial charge in [0.2, 0.25) is 0 Å². The fourth-order valence-corrected chi connectivity index (χ4v) is 3.77. The molecule has 1 aliphatic heterocycles. The average molecular weight is 244 g/mol. The first-order valence-electron chi connectivity index (χ1n) is 6.35. The average Bonchev–Trinajstić information content (AvgIpc) is 3.12. The van der Waals surface area contributed by atoms with Crippen LogP contribution in [0.15, 0.2) is 0 Å². The molecule has 1 heterocycles. The second-order valence-corrected chi connectivity index (χ2v) is 6.19. The van der Waals surface area contributed by atoms with Gasteiger partial charge in [0.05, 0.1) is 12.1 Å². The van der Waals surface area contributed by atoms with Crippen LogP contribution in [0.3, 0.4) is 0 Å². The molecule has 1 saturated heterocycles. The highest BCUT2D eigenvalue weighted by Gasteiger charge is 2.48. The van der Waals surface area contributed by atoms with Gasteiger partial charge in [-0.05, 0) is 37.5 Å². The molecule has 0 bridgehead atoms. The van der Waals surface area contributed by atoms with Crippen LogP contribution in [-0.2, 0) is 4.74 Å². The fourth-order valence-electron chi connectivity index (χ4n) is 2.88. The van der Waals surface area contributed by atoms with Gasteiger partial charge in [-0.25, -0.2) is 0 Å². The molecule has 1 atom stereocenters. The van der Waals surface area contributed by atoms with Crippen LogP contribution in [0.1, 0.15) is 19.3 Å². The Morgan fingerprint density at radius 2 is 2.19 bits per heavy atom. The van der Waals surface area contributed by atoms with E-state index in [1.807, 2.05) is 0 Å². The molecule has 0 radical (unpaired) electrons. The van der Waals surface area contributed by atoms with Gasteiger partial charge in [0, 0.05) is 26.0 Å². The Bertz CT molecular complexity index is 215. The van der Waals surface area contributed by atoms with Crippen LogP contribution in [-0.4, -0.2) is 55.3 Å². The zero-order valence-corrected chi connectivity index (χ0v) is 11.1. The van der Waals surface area contributed by atoms with E-state index in [0.29, 0.717) is 0 Å². The number of hydrogen-bond donors (Lipinski definition) is 1. The highest BCUT2D eigenvalue weighted by Crippen LogP contribution is 2.43. The van der Waals surface area contributed by atoms with Crippen molar-refractivity contribution in [3.8, 4) is 0 Å². The summed E-state index contributed by atoms with van der Waals surface area (Å²) in [6, 6.07) is 0. The van der Waals surface area contributed by atoms with Crippen molar-refractivity contribution in [3.05, 3.63) is 0 Å². The van der Waals surface area contributed by atoms with Gasteiger partial charge in [-0.1, -0.05) is 0 Å². The largest absolute Gasteiger partial charge is 0.383 e. The molecule has 2 N–H and O–H groups in total. The summed E-state index contributed by atoms with van der Waals surface area (Å²) < 4.78 is 5.47. The molecule has 2 rings (SSSR count). The Balaban J connectivity index is 2.08. The maximum absolute atomic E-state index is 6.09. The van der Waals surface area contributed by atoms with Gasteiger partial charge in [0.1, 0.15) is 0 Å². The number of rotatable bonds is 5. The van der Waals surface area contributed by atoms with Crippen molar-refractivity contribution < 1.29 is 4.74 Å². The molecule has 0 spiro atoms. The lowest BCUT2D eigenvalue weighted by molar-refractivity contribution is 0.00363. The normalized spacial score (nSPS) is 27.4. The van der Waals surface area contributed by atoms with Gasteiger partial charge in [-0.3, -0.25) is 4.90 Å². The highest BCUT2D eigenvalue weighted by molar-refractivity contribution is 7.99. The Hall–Kier alpha value is 0.230. The van der Waals surface area contributed by atoms with Gasteiger partial charge >= 0.3 is 0 Å². The number of nitrogens with two attached hydrogens (primary N) is 1. The molecule has 2 aliphatic rings. The van der Waals surface area contributed by atoms with Crippen LogP contribution in [0.5, 0.6) is 0 Å². The molecule has 0 aromatic rings. The third-order valence-corrected chi connectivity index (χ3v) is 4.99. The molecule has 3 nitrogen and oxygen atoms in total. The first kappa shape index (κ1) is 12.7. The number of nitrogens with zero attached hydrogens (tertiary/aromatic N) is 1. The maximum Gasteiger partial charge on any atom is 0.0661 e. The van der Waals surface area contributed by atoms with E-state index in [9.17, 15) is 0 Å². The molecule has 4 heteroatoms. The number of thioether (sulfide) groups is 1. The SMILES string of the molecule is COCC(CN)(C1CC1)N1CCCSCC1. The number of hydrogen-bond acceptors (Lipinski definition) is 4. The summed E-state index contributed by atoms with van der Waals surface area (Å²) in [5, 5.41) is 0. The Labute approximate surface area is 103 Å². The van der Waals surface area contributed by atoms with Gasteiger partial charge in [-0.2, -0.15) is 11.8 Å². The smallest absolute Gasteiger partial charge is 0.0661 e. The Morgan fingerprint density at radius 1 is 1.38 bits per heavy atom. The van der Waals surface area contributed by atoms with Crippen molar-refractivity contribution in [2.24, 2.45) is 11.7 Å². The first-order chi connectivity index (χ1) is 7.83. The fraction of sp³-hybridized carbons (Fsp3) is 1.00. The molecule has 1 unspecified atom stereocenters. The minimum atomic E-state index is 0.139. The van der Waals surface area contributed by atoms with Crippen molar-refractivity contribution >= 4 is 11.8 Å². The lowest BCUT2D eigenvalue weighted by atomic mass is 9.91. The highest BCUT2D eigenvalue weighted by atomic mass is 32.2. The van der Waals surface area contributed by atoms with Crippen molar-refractivity contribution in [2.75, 3.05) is 44.9 Å². The predicted molar refractivity (Wildman–Crippen MR) is 69.9 cm³/mol. The van der Waals surface area contributed by atoms with Gasteiger partial charge in [0.25, 0.3) is 0 Å². The molecular weight excluding hydrogens is 220 g/mol. The van der Waals surface area contributed by atoms with E-state index >= 15 is 0 Å². The van der Waals surface area contributed by atoms with Crippen molar-refractivity contribution in [1.82, 2.24) is 4.90 Å². The Kier molecular flexibility index (Phi) is 4.53. The summed E-state index contributed by atoms with van der Waals surface area (Å²) >= 11 is 2.07. The molecule has 0 aromatic heterocycles. The van der Waals surface area contributed by atoms with E-state index < -0.39 is 0 Å². The zero-order chi connectivity index (χ0) is 11.4. The third-order valence-electron chi connectivity index (χ3n) is 3.94. The molecule has 1 aliphatic carbocycles. The van der Waals surface area contributed by atoms with E-state index in [1.54, 1.807) is 7.11 Å². The first-order valence-corrected chi connectivity index (χ1v) is 7.51. The number of methoxy groups -OCH3 is 1. The standard InChI is InChI=1S/C12H24N2OS/c1-15-10-12(9-13,11-3-4-11)14-5-2-7-16-8-6-14/h11H,2-10,13H2,1H3. The van der Waals surface area contributed by atoms with E-state index in [2.05, 4.69) is 16.7 Å². The van der Waals surface area contributed by atoms with Crippen LogP contribution in [0.4, 0.5) is 0 Å². The van der Waals surface area contributed by atoms with Crippen molar-refractivity contribution in [3.63, 3.8) is 0 Å². The quantitative estimate of drug-likeness (QED) is 0.788. The maximum atomic E-state index is 6.09. The Morgan fingerprint density at radius 3 is 2.81 bits per heavy atom. The minimum Gasteiger partial charge on any atom is -0.383 e. The monoisotopic (exact) mass is 244 g/mol. The van der Waals surface area contributed by atoms with Crippen LogP contribution >= 0.6 is 11.8 Å². The van der Waals surface area contributed by atoms with E-state index in [0.717, 1.165) is 19.1 Å². The summed E-state index contributed by atoms with van der Waals surface area (Å²) in [4.78, 5) is 2.62. The van der Waals surface area contributed by atoms with Gasteiger partial charge in [-0.15, -0.1) is 0 Å². The summed E-state index contributed by atoms with van der Waals surface area (Å²) in [6.45, 7) is 3.93. The van der Waals surface area contributed by atoms with E-state index in [4.69, 9.17) is 10.5 Å². The molecule has 2 fully saturated rings. The van der Waals surface area contributed by atoms with E-state index in [1.165, 1.54) is 43.9 Å². The summed E-state index contributed by atoms with van der Waals surface area (Å²) in [7, 11) is 1.80. The summed E-state index contributed by atoms with van der Waals surface area (Å²) in [5.74, 6) is 3.33. The van der Waals surface area contributed by atoms with E-state index in [-0.39, 0.29) is 5.54 Å². The predicted octanol–water partition coefficient (Wildman–Crippen LogP) is 1.18. The lowest BCUT2D eigenvalue weighted by Gasteiger charge is -2.43. The lowest BCUT2D eigenvalue weighted by Crippen LogP contribution is -2.59. The second kappa shape index (κ2) is 5.71. The minimum absolute atomic E-state index is 0.139. The van der Waals surface area contributed by atoms with Crippen molar-refractivity contribution in [2.45, 2.75) is 24.8 Å². The van der Waals surface area contributed by atoms with Crippen LogP contribution < -0.4 is 5.73 Å². The van der Waals surface area contributed by atoms with Crippen LogP contribution in [0.25, 0.3) is 0 Å². The molecular formula is C12H24N2OS. The second-order valence-electron chi connectivity index (χ2n) is 4.97. The summed E-state index contributed by atoms with van der Waals surface area (Å²) in [6.07, 6.45) is 3.97. The zero-order valence-electron chi connectivity index (χ0n) is 10.3. The molecule has 16 heavy (non-hydrogen) atoms.